The van der Waals surface area contributed by atoms with Crippen molar-refractivity contribution >= 4 is 34.2 Å². The van der Waals surface area contributed by atoms with Crippen LogP contribution >= 0.6 is 11.3 Å². The maximum atomic E-state index is 14.3. The number of aromatic nitrogens is 1. The Hall–Kier alpha value is -4.24. The van der Waals surface area contributed by atoms with Gasteiger partial charge in [-0.1, -0.05) is 18.2 Å². The van der Waals surface area contributed by atoms with Crippen LogP contribution in [-0.4, -0.2) is 17.7 Å². The van der Waals surface area contributed by atoms with Gasteiger partial charge in [0.05, 0.1) is 6.21 Å². The molecule has 3 heterocycles. The third kappa shape index (κ3) is 3.75. The molecule has 168 valence electrons. The fourth-order valence-electron chi connectivity index (χ4n) is 3.56. The minimum atomic E-state index is -0.759. The molecule has 0 N–H and O–H groups in total. The fourth-order valence-corrected chi connectivity index (χ4v) is 4.39. The lowest BCUT2D eigenvalue weighted by Crippen LogP contribution is -2.11. The molecule has 34 heavy (non-hydrogen) atoms. The summed E-state index contributed by atoms with van der Waals surface area (Å²) >= 11 is 1.26. The van der Waals surface area contributed by atoms with Crippen molar-refractivity contribution in [2.24, 2.45) is 10.1 Å². The van der Waals surface area contributed by atoms with Crippen LogP contribution in [0.15, 0.2) is 86.6 Å². The number of fused-ring (bicyclic) bond motifs is 2. The number of hydrogen-bond acceptors (Lipinski definition) is 6. The van der Waals surface area contributed by atoms with Crippen LogP contribution in [0.3, 0.4) is 0 Å². The van der Waals surface area contributed by atoms with Crippen molar-refractivity contribution in [2.45, 2.75) is 0 Å². The van der Waals surface area contributed by atoms with Gasteiger partial charge in [0.15, 0.2) is 23.1 Å². The number of hydrogen-bond donors (Lipinski definition) is 0. The summed E-state index contributed by atoms with van der Waals surface area (Å²) in [5.74, 6) is 0.464. The van der Waals surface area contributed by atoms with Crippen molar-refractivity contribution in [3.63, 3.8) is 0 Å². The zero-order chi connectivity index (χ0) is 23.1. The average Bonchev–Trinajstić information content (AvgIpc) is 3.57. The molecule has 3 aromatic carbocycles. The molecule has 0 atom stereocenters. The normalized spacial score (nSPS) is 13.4. The SMILES string of the molecule is Fc1ccc(N=c2scc(-c3cc4ccccc4o3)n2/N=C\c2ccc3c(c2)OCO3)c(F)c1. The number of halogens is 2. The first-order valence-corrected chi connectivity index (χ1v) is 11.2. The van der Waals surface area contributed by atoms with Gasteiger partial charge in [0.1, 0.15) is 22.8 Å². The molecule has 9 heteroatoms. The van der Waals surface area contributed by atoms with Gasteiger partial charge < -0.3 is 13.9 Å². The van der Waals surface area contributed by atoms with Crippen LogP contribution in [0.2, 0.25) is 0 Å². The van der Waals surface area contributed by atoms with E-state index in [-0.39, 0.29) is 12.5 Å². The highest BCUT2D eigenvalue weighted by molar-refractivity contribution is 7.07. The van der Waals surface area contributed by atoms with Crippen LogP contribution < -0.4 is 14.3 Å². The van der Waals surface area contributed by atoms with Gasteiger partial charge in [0.25, 0.3) is 0 Å². The number of nitrogens with zero attached hydrogens (tertiary/aromatic N) is 3. The van der Waals surface area contributed by atoms with Gasteiger partial charge >= 0.3 is 0 Å². The van der Waals surface area contributed by atoms with Crippen LogP contribution in [0.5, 0.6) is 11.5 Å². The molecule has 1 aliphatic rings. The van der Waals surface area contributed by atoms with E-state index in [0.717, 1.165) is 28.7 Å². The van der Waals surface area contributed by atoms with Gasteiger partial charge in [-0.05, 0) is 48.0 Å². The van der Waals surface area contributed by atoms with Gasteiger partial charge in [-0.3, -0.25) is 0 Å². The molecular formula is C25H15F2N3O3S. The highest BCUT2D eigenvalue weighted by Gasteiger charge is 2.15. The highest BCUT2D eigenvalue weighted by atomic mass is 32.1. The number of para-hydroxylation sites is 1. The molecule has 0 unspecified atom stereocenters. The maximum absolute atomic E-state index is 14.3. The van der Waals surface area contributed by atoms with Crippen molar-refractivity contribution < 1.29 is 22.7 Å². The number of thiazole rings is 1. The average molecular weight is 475 g/mol. The summed E-state index contributed by atoms with van der Waals surface area (Å²) in [6.45, 7) is 0.178. The predicted octanol–water partition coefficient (Wildman–Crippen LogP) is 6.08. The quantitative estimate of drug-likeness (QED) is 0.296. The lowest BCUT2D eigenvalue weighted by Gasteiger charge is -2.02. The molecule has 0 fully saturated rings. The van der Waals surface area contributed by atoms with E-state index < -0.39 is 11.6 Å². The zero-order valence-corrected chi connectivity index (χ0v) is 18.3. The Labute approximate surface area is 195 Å². The summed E-state index contributed by atoms with van der Waals surface area (Å²) < 4.78 is 46.0. The van der Waals surface area contributed by atoms with E-state index in [4.69, 9.17) is 13.9 Å². The molecule has 5 aromatic rings. The second-order valence-electron chi connectivity index (χ2n) is 7.43. The number of furan rings is 1. The monoisotopic (exact) mass is 475 g/mol. The molecule has 0 saturated heterocycles. The van der Waals surface area contributed by atoms with Crippen molar-refractivity contribution in [3.05, 3.63) is 94.1 Å². The van der Waals surface area contributed by atoms with Crippen LogP contribution in [0, 0.1) is 11.6 Å². The van der Waals surface area contributed by atoms with Gasteiger partial charge in [-0.25, -0.2) is 18.4 Å². The number of ether oxygens (including phenoxy) is 2. The first-order chi connectivity index (χ1) is 16.6. The first-order valence-electron chi connectivity index (χ1n) is 10.3. The second kappa shape index (κ2) is 8.27. The lowest BCUT2D eigenvalue weighted by molar-refractivity contribution is 0.174. The molecule has 0 bridgehead atoms. The van der Waals surface area contributed by atoms with Crippen molar-refractivity contribution in [2.75, 3.05) is 6.79 Å². The Morgan fingerprint density at radius 3 is 2.71 bits per heavy atom. The topological polar surface area (TPSA) is 61.2 Å². The largest absolute Gasteiger partial charge is 0.454 e. The summed E-state index contributed by atoms with van der Waals surface area (Å²) in [5.41, 5.74) is 2.15. The Bertz CT molecular complexity index is 1600. The third-order valence-electron chi connectivity index (χ3n) is 5.21. The summed E-state index contributed by atoms with van der Waals surface area (Å²) in [6.07, 6.45) is 1.64. The van der Waals surface area contributed by atoms with E-state index >= 15 is 0 Å². The van der Waals surface area contributed by atoms with Crippen LogP contribution in [-0.2, 0) is 0 Å². The molecule has 2 aromatic heterocycles. The predicted molar refractivity (Wildman–Crippen MR) is 125 cm³/mol. The summed E-state index contributed by atoms with van der Waals surface area (Å²) in [7, 11) is 0. The summed E-state index contributed by atoms with van der Waals surface area (Å²) in [6, 6.07) is 18.3. The molecular weight excluding hydrogens is 460 g/mol. The van der Waals surface area contributed by atoms with E-state index in [1.54, 1.807) is 17.0 Å². The molecule has 0 aliphatic carbocycles. The Morgan fingerprint density at radius 1 is 0.941 bits per heavy atom. The van der Waals surface area contributed by atoms with Crippen molar-refractivity contribution in [3.8, 4) is 23.0 Å². The van der Waals surface area contributed by atoms with Gasteiger partial charge in [-0.2, -0.15) is 5.10 Å². The maximum Gasteiger partial charge on any atom is 0.231 e. The van der Waals surface area contributed by atoms with E-state index in [1.807, 2.05) is 47.8 Å². The minimum absolute atomic E-state index is 0.00596. The van der Waals surface area contributed by atoms with E-state index in [9.17, 15) is 8.78 Å². The Kier molecular flexibility index (Phi) is 4.96. The smallest absolute Gasteiger partial charge is 0.231 e. The van der Waals surface area contributed by atoms with Crippen LogP contribution in [0.1, 0.15) is 5.56 Å². The molecule has 0 radical (unpaired) electrons. The molecule has 0 spiro atoms. The standard InChI is InChI=1S/C25H15F2N3O3S/c26-17-6-7-19(18(27)11-17)29-25-30(28-12-15-5-8-22-24(9-15)32-14-31-22)20(13-34-25)23-10-16-3-1-2-4-21(16)33-23/h1-13H,14H2/b28-12-,29-25?. The molecule has 1 aliphatic heterocycles. The highest BCUT2D eigenvalue weighted by Crippen LogP contribution is 2.32. The van der Waals surface area contributed by atoms with Gasteiger partial charge in [0.2, 0.25) is 11.6 Å². The first kappa shape index (κ1) is 20.4. The minimum Gasteiger partial charge on any atom is -0.454 e. The number of rotatable bonds is 4. The van der Waals surface area contributed by atoms with Crippen LogP contribution in [0.4, 0.5) is 14.5 Å². The Morgan fingerprint density at radius 2 is 1.82 bits per heavy atom. The number of benzene rings is 3. The fraction of sp³-hybridized carbons (Fsp3) is 0.0400. The van der Waals surface area contributed by atoms with Gasteiger partial charge in [0, 0.05) is 16.8 Å². The molecule has 0 saturated carbocycles. The zero-order valence-electron chi connectivity index (χ0n) is 17.4. The van der Waals surface area contributed by atoms with E-state index in [1.165, 1.54) is 17.4 Å². The lowest BCUT2D eigenvalue weighted by atomic mass is 10.2. The molecule has 0 amide bonds. The summed E-state index contributed by atoms with van der Waals surface area (Å²) in [5, 5.41) is 7.38. The third-order valence-corrected chi connectivity index (χ3v) is 6.02. The van der Waals surface area contributed by atoms with Crippen LogP contribution in [0.25, 0.3) is 22.4 Å². The molecule has 6 rings (SSSR count). The summed E-state index contributed by atoms with van der Waals surface area (Å²) in [4.78, 5) is 4.78. The Balaban J connectivity index is 1.49. The van der Waals surface area contributed by atoms with Crippen molar-refractivity contribution in [1.82, 2.24) is 4.68 Å². The van der Waals surface area contributed by atoms with Gasteiger partial charge in [-0.15, -0.1) is 11.3 Å². The van der Waals surface area contributed by atoms with E-state index in [0.29, 0.717) is 27.8 Å². The molecule has 6 nitrogen and oxygen atoms in total. The van der Waals surface area contributed by atoms with Crippen molar-refractivity contribution in [1.29, 1.82) is 0 Å². The second-order valence-corrected chi connectivity index (χ2v) is 8.27. The van der Waals surface area contributed by atoms with E-state index in [2.05, 4.69) is 10.1 Å².